The second kappa shape index (κ2) is 7.57. The minimum absolute atomic E-state index is 0.287. The number of ether oxygens (including phenoxy) is 2. The van der Waals surface area contributed by atoms with Crippen molar-refractivity contribution in [1.82, 2.24) is 19.7 Å². The molecule has 0 saturated heterocycles. The number of aryl methyl sites for hydroxylation is 1. The van der Waals surface area contributed by atoms with Crippen molar-refractivity contribution in [3.05, 3.63) is 59.1 Å². The molecule has 0 spiro atoms. The molecule has 0 aliphatic carbocycles. The van der Waals surface area contributed by atoms with Gasteiger partial charge in [-0.1, -0.05) is 23.9 Å². The lowest BCUT2D eigenvalue weighted by Crippen LogP contribution is -2.24. The van der Waals surface area contributed by atoms with Gasteiger partial charge in [-0.2, -0.15) is 0 Å². The standard InChI is InChI=1S/C20H18N4O3S2/c1-12-7-8-16(26-12)19-21-13(10-28-19)11-29-20-23-22-18(24(20)2)17-9-25-14-5-3-4-6-15(14)27-17/h3-8,10,17H,9,11H2,1-2H3. The number of para-hydroxylation sites is 2. The molecule has 3 aromatic heterocycles. The lowest BCUT2D eigenvalue weighted by Gasteiger charge is -2.25. The summed E-state index contributed by atoms with van der Waals surface area (Å²) in [7, 11) is 1.94. The number of hydrogen-bond donors (Lipinski definition) is 0. The molecule has 1 aliphatic heterocycles. The molecule has 4 heterocycles. The van der Waals surface area contributed by atoms with Crippen molar-refractivity contribution in [2.24, 2.45) is 7.05 Å². The number of aromatic nitrogens is 4. The van der Waals surface area contributed by atoms with Crippen LogP contribution in [0, 0.1) is 6.92 Å². The van der Waals surface area contributed by atoms with E-state index in [-0.39, 0.29) is 6.10 Å². The molecule has 9 heteroatoms. The summed E-state index contributed by atoms with van der Waals surface area (Å²) in [6.45, 7) is 2.34. The van der Waals surface area contributed by atoms with Crippen LogP contribution in [0.3, 0.4) is 0 Å². The van der Waals surface area contributed by atoms with Crippen LogP contribution in [0.2, 0.25) is 0 Å². The zero-order valence-corrected chi connectivity index (χ0v) is 17.5. The molecule has 0 radical (unpaired) electrons. The molecule has 0 N–H and O–H groups in total. The molecule has 5 rings (SSSR count). The summed E-state index contributed by atoms with van der Waals surface area (Å²) in [6, 6.07) is 11.5. The molecule has 1 unspecified atom stereocenters. The van der Waals surface area contributed by atoms with E-state index in [0.717, 1.165) is 44.7 Å². The maximum Gasteiger partial charge on any atom is 0.192 e. The Morgan fingerprint density at radius 1 is 1.17 bits per heavy atom. The van der Waals surface area contributed by atoms with Crippen molar-refractivity contribution in [1.29, 1.82) is 0 Å². The summed E-state index contributed by atoms with van der Waals surface area (Å²) in [5, 5.41) is 12.4. The van der Waals surface area contributed by atoms with E-state index in [9.17, 15) is 0 Å². The van der Waals surface area contributed by atoms with Crippen LogP contribution in [0.4, 0.5) is 0 Å². The Hall–Kier alpha value is -2.78. The van der Waals surface area contributed by atoms with Crippen LogP contribution in [0.25, 0.3) is 10.8 Å². The van der Waals surface area contributed by atoms with Crippen molar-refractivity contribution < 1.29 is 13.9 Å². The molecule has 0 saturated carbocycles. The number of furan rings is 1. The van der Waals surface area contributed by atoms with Crippen LogP contribution in [-0.4, -0.2) is 26.4 Å². The minimum atomic E-state index is -0.287. The van der Waals surface area contributed by atoms with Crippen LogP contribution >= 0.6 is 23.1 Å². The molecule has 148 valence electrons. The smallest absolute Gasteiger partial charge is 0.192 e. The zero-order chi connectivity index (χ0) is 19.8. The topological polar surface area (TPSA) is 75.2 Å². The maximum atomic E-state index is 6.05. The average molecular weight is 427 g/mol. The highest BCUT2D eigenvalue weighted by Crippen LogP contribution is 2.36. The van der Waals surface area contributed by atoms with Gasteiger partial charge in [0.15, 0.2) is 39.4 Å². The van der Waals surface area contributed by atoms with Gasteiger partial charge in [-0.3, -0.25) is 0 Å². The molecule has 1 aromatic carbocycles. The van der Waals surface area contributed by atoms with Gasteiger partial charge in [0.25, 0.3) is 0 Å². The van der Waals surface area contributed by atoms with E-state index in [1.807, 2.05) is 60.3 Å². The van der Waals surface area contributed by atoms with Gasteiger partial charge in [-0.15, -0.1) is 21.5 Å². The van der Waals surface area contributed by atoms with Crippen molar-refractivity contribution >= 4 is 23.1 Å². The van der Waals surface area contributed by atoms with Crippen LogP contribution in [0.15, 0.2) is 51.4 Å². The minimum Gasteiger partial charge on any atom is -0.485 e. The van der Waals surface area contributed by atoms with Gasteiger partial charge in [-0.25, -0.2) is 4.98 Å². The molecular weight excluding hydrogens is 408 g/mol. The Bertz CT molecular complexity index is 1150. The van der Waals surface area contributed by atoms with Crippen LogP contribution in [0.5, 0.6) is 11.5 Å². The van der Waals surface area contributed by atoms with Crippen molar-refractivity contribution in [2.75, 3.05) is 6.61 Å². The molecule has 0 fully saturated rings. The fraction of sp³-hybridized carbons (Fsp3) is 0.250. The first kappa shape index (κ1) is 18.3. The highest BCUT2D eigenvalue weighted by Gasteiger charge is 2.27. The summed E-state index contributed by atoms with van der Waals surface area (Å²) in [4.78, 5) is 4.66. The van der Waals surface area contributed by atoms with Gasteiger partial charge >= 0.3 is 0 Å². The Kier molecular flexibility index (Phi) is 4.76. The van der Waals surface area contributed by atoms with Gasteiger partial charge in [0.2, 0.25) is 0 Å². The van der Waals surface area contributed by atoms with E-state index in [2.05, 4.69) is 15.2 Å². The number of benzene rings is 1. The third-order valence-electron chi connectivity index (χ3n) is 4.52. The van der Waals surface area contributed by atoms with E-state index < -0.39 is 0 Å². The molecule has 0 bridgehead atoms. The predicted molar refractivity (Wildman–Crippen MR) is 110 cm³/mol. The first-order chi connectivity index (χ1) is 14.2. The molecular formula is C20H18N4O3S2. The predicted octanol–water partition coefficient (Wildman–Crippen LogP) is 4.64. The van der Waals surface area contributed by atoms with Crippen molar-refractivity contribution in [2.45, 2.75) is 23.9 Å². The normalized spacial score (nSPS) is 15.6. The maximum absolute atomic E-state index is 6.05. The Balaban J connectivity index is 1.27. The summed E-state index contributed by atoms with van der Waals surface area (Å²) >= 11 is 3.17. The molecule has 0 amide bonds. The van der Waals surface area contributed by atoms with E-state index in [4.69, 9.17) is 13.9 Å². The summed E-state index contributed by atoms with van der Waals surface area (Å²) in [6.07, 6.45) is -0.287. The van der Waals surface area contributed by atoms with Crippen LogP contribution in [0.1, 0.15) is 23.4 Å². The monoisotopic (exact) mass is 426 g/mol. The Labute approximate surface area is 175 Å². The SMILES string of the molecule is Cc1ccc(-c2nc(CSc3nnc(C4COc5ccccc5O4)n3C)cs2)o1. The molecule has 29 heavy (non-hydrogen) atoms. The second-order valence-corrected chi connectivity index (χ2v) is 8.41. The third-order valence-corrected chi connectivity index (χ3v) is 6.48. The third kappa shape index (κ3) is 3.63. The van der Waals surface area contributed by atoms with E-state index in [1.54, 1.807) is 23.1 Å². The van der Waals surface area contributed by atoms with Gasteiger partial charge in [0, 0.05) is 18.2 Å². The molecule has 7 nitrogen and oxygen atoms in total. The van der Waals surface area contributed by atoms with Gasteiger partial charge in [-0.05, 0) is 31.2 Å². The molecule has 4 aromatic rings. The van der Waals surface area contributed by atoms with E-state index in [0.29, 0.717) is 12.4 Å². The fourth-order valence-corrected chi connectivity index (χ4v) is 4.75. The number of thiazole rings is 1. The van der Waals surface area contributed by atoms with Crippen molar-refractivity contribution in [3.63, 3.8) is 0 Å². The summed E-state index contributed by atoms with van der Waals surface area (Å²) in [5.41, 5.74) is 0.986. The van der Waals surface area contributed by atoms with Crippen LogP contribution < -0.4 is 9.47 Å². The average Bonchev–Trinajstić information content (AvgIpc) is 3.46. The lowest BCUT2D eigenvalue weighted by molar-refractivity contribution is 0.0825. The number of hydrogen-bond acceptors (Lipinski definition) is 8. The zero-order valence-electron chi connectivity index (χ0n) is 15.9. The first-order valence-corrected chi connectivity index (χ1v) is 11.0. The van der Waals surface area contributed by atoms with E-state index in [1.165, 1.54) is 0 Å². The number of rotatable bonds is 5. The van der Waals surface area contributed by atoms with Gasteiger partial charge in [0.1, 0.15) is 12.4 Å². The van der Waals surface area contributed by atoms with E-state index >= 15 is 0 Å². The van der Waals surface area contributed by atoms with Crippen molar-refractivity contribution in [3.8, 4) is 22.3 Å². The van der Waals surface area contributed by atoms with Crippen LogP contribution in [-0.2, 0) is 12.8 Å². The first-order valence-electron chi connectivity index (χ1n) is 9.09. The molecule has 1 atom stereocenters. The highest BCUT2D eigenvalue weighted by molar-refractivity contribution is 7.98. The Morgan fingerprint density at radius 2 is 2.03 bits per heavy atom. The summed E-state index contributed by atoms with van der Waals surface area (Å²) < 4.78 is 19.5. The number of nitrogens with zero attached hydrogens (tertiary/aromatic N) is 4. The lowest BCUT2D eigenvalue weighted by atomic mass is 10.2. The number of thioether (sulfide) groups is 1. The highest BCUT2D eigenvalue weighted by atomic mass is 32.2. The largest absolute Gasteiger partial charge is 0.485 e. The quantitative estimate of drug-likeness (QED) is 0.430. The van der Waals surface area contributed by atoms with Gasteiger partial charge in [0.05, 0.1) is 5.69 Å². The number of fused-ring (bicyclic) bond motifs is 1. The van der Waals surface area contributed by atoms with Gasteiger partial charge < -0.3 is 18.5 Å². The fourth-order valence-electron chi connectivity index (χ4n) is 3.05. The Morgan fingerprint density at radius 3 is 2.86 bits per heavy atom. The second-order valence-electron chi connectivity index (χ2n) is 6.61. The molecule has 1 aliphatic rings. The summed E-state index contributed by atoms with van der Waals surface area (Å²) in [5.74, 6) is 4.61.